The van der Waals surface area contributed by atoms with Crippen LogP contribution in [0.1, 0.15) is 54.6 Å². The summed E-state index contributed by atoms with van der Waals surface area (Å²) in [4.78, 5) is 28.2. The van der Waals surface area contributed by atoms with Crippen molar-refractivity contribution in [2.45, 2.75) is 52.2 Å². The van der Waals surface area contributed by atoms with E-state index in [1.54, 1.807) is 11.3 Å². The van der Waals surface area contributed by atoms with Crippen LogP contribution in [0.4, 0.5) is 4.79 Å². The van der Waals surface area contributed by atoms with Gasteiger partial charge in [-0.25, -0.2) is 4.79 Å². The Balaban J connectivity index is 1.74. The summed E-state index contributed by atoms with van der Waals surface area (Å²) in [6, 6.07) is 7.85. The molecule has 2 aromatic heterocycles. The van der Waals surface area contributed by atoms with Crippen molar-refractivity contribution in [3.63, 3.8) is 0 Å². The lowest BCUT2D eigenvalue weighted by atomic mass is 10.2. The van der Waals surface area contributed by atoms with Crippen LogP contribution < -0.4 is 5.32 Å². The fraction of sp³-hybridized carbons (Fsp3) is 0.500. The molecular formula is C20H28N2O3S2. The molecule has 0 bridgehead atoms. The molecule has 148 valence electrons. The van der Waals surface area contributed by atoms with Gasteiger partial charge < -0.3 is 15.0 Å². The van der Waals surface area contributed by atoms with Crippen molar-refractivity contribution in [2.75, 3.05) is 13.1 Å². The summed E-state index contributed by atoms with van der Waals surface area (Å²) in [6.07, 6.45) is 2.32. The number of thiophene rings is 2. The van der Waals surface area contributed by atoms with Crippen LogP contribution in [0.3, 0.4) is 0 Å². The van der Waals surface area contributed by atoms with E-state index in [2.05, 4.69) is 11.4 Å². The van der Waals surface area contributed by atoms with Gasteiger partial charge in [-0.05, 0) is 62.9 Å². The molecule has 2 rings (SSSR count). The van der Waals surface area contributed by atoms with E-state index in [4.69, 9.17) is 4.74 Å². The van der Waals surface area contributed by atoms with Crippen molar-refractivity contribution in [2.24, 2.45) is 0 Å². The molecule has 7 heteroatoms. The molecule has 0 atom stereocenters. The zero-order valence-electron chi connectivity index (χ0n) is 16.2. The Morgan fingerprint density at radius 2 is 1.81 bits per heavy atom. The highest BCUT2D eigenvalue weighted by atomic mass is 32.1. The van der Waals surface area contributed by atoms with Gasteiger partial charge in [0.15, 0.2) is 0 Å². The number of hydrogen-bond acceptors (Lipinski definition) is 5. The third kappa shape index (κ3) is 8.13. The first-order valence-corrected chi connectivity index (χ1v) is 10.9. The second kappa shape index (κ2) is 10.5. The molecule has 5 nitrogen and oxygen atoms in total. The van der Waals surface area contributed by atoms with Gasteiger partial charge in [-0.1, -0.05) is 12.1 Å². The first kappa shape index (κ1) is 21.4. The summed E-state index contributed by atoms with van der Waals surface area (Å²) in [5, 5.41) is 6.73. The smallest absolute Gasteiger partial charge is 0.407 e. The topological polar surface area (TPSA) is 58.6 Å². The molecule has 0 unspecified atom stereocenters. The monoisotopic (exact) mass is 408 g/mol. The van der Waals surface area contributed by atoms with Crippen molar-refractivity contribution in [3.05, 3.63) is 44.8 Å². The highest BCUT2D eigenvalue weighted by Crippen LogP contribution is 2.18. The van der Waals surface area contributed by atoms with Gasteiger partial charge in [0.1, 0.15) is 5.60 Å². The molecular weight excluding hydrogens is 380 g/mol. The van der Waals surface area contributed by atoms with E-state index < -0.39 is 5.60 Å². The Bertz CT molecular complexity index is 691. The molecule has 0 radical (unpaired) electrons. The first-order chi connectivity index (χ1) is 12.8. The molecule has 0 saturated carbocycles. The number of alkyl carbamates (subject to hydrolysis) is 1. The van der Waals surface area contributed by atoms with Crippen LogP contribution in [0.25, 0.3) is 0 Å². The number of ether oxygens (including phenoxy) is 1. The maximum absolute atomic E-state index is 12.7. The quantitative estimate of drug-likeness (QED) is 0.584. The maximum atomic E-state index is 12.7. The number of nitrogens with zero attached hydrogens (tertiary/aromatic N) is 1. The van der Waals surface area contributed by atoms with E-state index in [1.807, 2.05) is 54.6 Å². The molecule has 0 aromatic carbocycles. The van der Waals surface area contributed by atoms with E-state index in [0.717, 1.165) is 24.1 Å². The summed E-state index contributed by atoms with van der Waals surface area (Å²) >= 11 is 3.15. The molecule has 1 N–H and O–H groups in total. The second-order valence-corrected chi connectivity index (χ2v) is 9.25. The predicted octanol–water partition coefficient (Wildman–Crippen LogP) is 5.15. The van der Waals surface area contributed by atoms with Crippen LogP contribution in [0.2, 0.25) is 0 Å². The van der Waals surface area contributed by atoms with Crippen molar-refractivity contribution < 1.29 is 14.3 Å². The summed E-state index contributed by atoms with van der Waals surface area (Å²) in [6.45, 7) is 7.47. The lowest BCUT2D eigenvalue weighted by Crippen LogP contribution is -2.33. The molecule has 2 amide bonds. The summed E-state index contributed by atoms with van der Waals surface area (Å²) in [5.74, 6) is 0.0882. The minimum absolute atomic E-state index is 0.0882. The summed E-state index contributed by atoms with van der Waals surface area (Å²) < 4.78 is 5.21. The van der Waals surface area contributed by atoms with Crippen molar-refractivity contribution in [1.29, 1.82) is 0 Å². The molecule has 0 aliphatic carbocycles. The average Bonchev–Trinajstić information content (AvgIpc) is 3.27. The molecule has 0 spiro atoms. The number of carbonyl (C=O) groups excluding carboxylic acids is 2. The van der Waals surface area contributed by atoms with Gasteiger partial charge in [-0.2, -0.15) is 0 Å². The van der Waals surface area contributed by atoms with Gasteiger partial charge in [-0.3, -0.25) is 4.79 Å². The van der Waals surface area contributed by atoms with Crippen molar-refractivity contribution in [1.82, 2.24) is 10.2 Å². The molecule has 27 heavy (non-hydrogen) atoms. The Labute approximate surface area is 169 Å². The van der Waals surface area contributed by atoms with Gasteiger partial charge >= 0.3 is 6.09 Å². The fourth-order valence-corrected chi connectivity index (χ4v) is 3.92. The highest BCUT2D eigenvalue weighted by molar-refractivity contribution is 7.12. The minimum Gasteiger partial charge on any atom is -0.444 e. The van der Waals surface area contributed by atoms with Crippen molar-refractivity contribution in [3.8, 4) is 0 Å². The van der Waals surface area contributed by atoms with Crippen LogP contribution in [0.15, 0.2) is 35.0 Å². The molecule has 0 saturated heterocycles. The molecule has 0 aliphatic rings. The Hall–Kier alpha value is -1.86. The summed E-state index contributed by atoms with van der Waals surface area (Å²) in [7, 11) is 0. The lowest BCUT2D eigenvalue weighted by molar-refractivity contribution is 0.0527. The fourth-order valence-electron chi connectivity index (χ4n) is 2.51. The van der Waals surface area contributed by atoms with Gasteiger partial charge in [0.25, 0.3) is 5.91 Å². The number of nitrogens with one attached hydrogen (secondary N) is 1. The Kier molecular flexibility index (Phi) is 8.31. The Morgan fingerprint density at radius 3 is 2.44 bits per heavy atom. The predicted molar refractivity (Wildman–Crippen MR) is 111 cm³/mol. The van der Waals surface area contributed by atoms with Crippen LogP contribution in [-0.4, -0.2) is 35.6 Å². The normalized spacial score (nSPS) is 11.2. The average molecular weight is 409 g/mol. The first-order valence-electron chi connectivity index (χ1n) is 9.17. The maximum Gasteiger partial charge on any atom is 0.407 e. The number of amides is 2. The highest BCUT2D eigenvalue weighted by Gasteiger charge is 2.17. The van der Waals surface area contributed by atoms with Gasteiger partial charge in [0.2, 0.25) is 0 Å². The minimum atomic E-state index is -0.478. The van der Waals surface area contributed by atoms with Crippen LogP contribution in [-0.2, 0) is 11.3 Å². The van der Waals surface area contributed by atoms with Crippen LogP contribution in [0, 0.1) is 0 Å². The van der Waals surface area contributed by atoms with E-state index >= 15 is 0 Å². The van der Waals surface area contributed by atoms with E-state index in [-0.39, 0.29) is 12.0 Å². The molecule has 0 fully saturated rings. The van der Waals surface area contributed by atoms with Crippen LogP contribution >= 0.6 is 22.7 Å². The number of unbranched alkanes of at least 4 members (excludes halogenated alkanes) is 2. The zero-order chi connectivity index (χ0) is 19.7. The number of rotatable bonds is 9. The van der Waals surface area contributed by atoms with E-state index in [1.165, 1.54) is 16.2 Å². The molecule has 0 aliphatic heterocycles. The van der Waals surface area contributed by atoms with Gasteiger partial charge in [0, 0.05) is 18.0 Å². The van der Waals surface area contributed by atoms with Gasteiger partial charge in [0.05, 0.1) is 11.4 Å². The van der Waals surface area contributed by atoms with E-state index in [9.17, 15) is 9.59 Å². The summed E-state index contributed by atoms with van der Waals surface area (Å²) in [5.41, 5.74) is -0.478. The SMILES string of the molecule is CC(C)(C)OC(=O)NCCCCCN(Cc1cccs1)C(=O)c1cccs1. The zero-order valence-corrected chi connectivity index (χ0v) is 17.8. The molecule has 2 aromatic rings. The largest absolute Gasteiger partial charge is 0.444 e. The van der Waals surface area contributed by atoms with Gasteiger partial charge in [-0.15, -0.1) is 22.7 Å². The number of carbonyl (C=O) groups is 2. The van der Waals surface area contributed by atoms with Crippen LogP contribution in [0.5, 0.6) is 0 Å². The van der Waals surface area contributed by atoms with Crippen molar-refractivity contribution >= 4 is 34.7 Å². The third-order valence-corrected chi connectivity index (χ3v) is 5.44. The Morgan fingerprint density at radius 1 is 1.07 bits per heavy atom. The van der Waals surface area contributed by atoms with E-state index in [0.29, 0.717) is 19.6 Å². The second-order valence-electron chi connectivity index (χ2n) is 7.27. The lowest BCUT2D eigenvalue weighted by Gasteiger charge is -2.22. The molecule has 2 heterocycles. The third-order valence-electron chi connectivity index (χ3n) is 3.72. The standard InChI is InChI=1S/C20H28N2O3S2/c1-20(2,3)25-19(24)21-11-5-4-6-12-22(15-16-9-7-13-26-16)18(23)17-10-8-14-27-17/h7-10,13-14H,4-6,11-12,15H2,1-3H3,(H,21,24). The number of hydrogen-bond donors (Lipinski definition) is 1.